The van der Waals surface area contributed by atoms with Gasteiger partial charge < -0.3 is 24.5 Å². The van der Waals surface area contributed by atoms with E-state index in [1.54, 1.807) is 7.11 Å². The zero-order chi connectivity index (χ0) is 22.1. The summed E-state index contributed by atoms with van der Waals surface area (Å²) >= 11 is 0. The second-order valence-corrected chi connectivity index (χ2v) is 8.76. The van der Waals surface area contributed by atoms with Crippen LogP contribution in [0.5, 0.6) is 5.75 Å². The molecule has 5 rings (SSSR count). The first-order valence-corrected chi connectivity index (χ1v) is 11.2. The molecule has 0 radical (unpaired) electrons. The van der Waals surface area contributed by atoms with Crippen LogP contribution in [0.2, 0.25) is 0 Å². The maximum absolute atomic E-state index is 12.9. The maximum atomic E-state index is 12.9. The summed E-state index contributed by atoms with van der Waals surface area (Å²) in [6, 6.07) is 14.3. The van der Waals surface area contributed by atoms with Gasteiger partial charge in [-0.15, -0.1) is 0 Å². The lowest BCUT2D eigenvalue weighted by molar-refractivity contribution is -0.102. The van der Waals surface area contributed by atoms with E-state index < -0.39 is 0 Å². The van der Waals surface area contributed by atoms with Crippen molar-refractivity contribution in [1.29, 1.82) is 0 Å². The largest absolute Gasteiger partial charge is 0.496 e. The molecular weight excluding hydrogens is 406 g/mol. The number of fused-ring (bicyclic) bond motifs is 2. The van der Waals surface area contributed by atoms with Crippen LogP contribution in [0.1, 0.15) is 35.1 Å². The molecule has 1 fully saturated rings. The van der Waals surface area contributed by atoms with Gasteiger partial charge in [0.2, 0.25) is 0 Å². The highest BCUT2D eigenvalue weighted by atomic mass is 16.6. The number of ether oxygens (including phenoxy) is 2. The molecule has 0 bridgehead atoms. The number of morpholine rings is 1. The number of nitrogens with zero attached hydrogens (tertiary/aromatic N) is 2. The predicted molar refractivity (Wildman–Crippen MR) is 121 cm³/mol. The van der Waals surface area contributed by atoms with Crippen molar-refractivity contribution in [2.45, 2.75) is 37.9 Å². The third-order valence-electron chi connectivity index (χ3n) is 6.72. The normalized spacial score (nSPS) is 24.1. The standard InChI is InChI=1S/C25H29N3O4/c1-17-13-19(7-8-23(17)30-2)22-14-20(32-27-22)15-26-24(29)28-11-12-31-25(16-28)10-9-18-5-3-4-6-21(18)25/h3-8,13,20H,9-12,14-16H2,1-2H3,(H,26,29). The molecule has 2 aromatic rings. The second-order valence-electron chi connectivity index (χ2n) is 8.76. The quantitative estimate of drug-likeness (QED) is 0.799. The fourth-order valence-corrected chi connectivity index (χ4v) is 5.00. The average molecular weight is 436 g/mol. The fraction of sp³-hybridized carbons (Fsp3) is 0.440. The first-order chi connectivity index (χ1) is 15.6. The molecule has 1 N–H and O–H groups in total. The molecule has 168 valence electrons. The molecule has 2 unspecified atom stereocenters. The lowest BCUT2D eigenvalue weighted by Crippen LogP contribution is -2.54. The number of methoxy groups -OCH3 is 1. The third kappa shape index (κ3) is 3.81. The molecule has 2 heterocycles. The van der Waals surface area contributed by atoms with Crippen LogP contribution in [-0.4, -0.2) is 56.1 Å². The van der Waals surface area contributed by atoms with Crippen LogP contribution in [0, 0.1) is 6.92 Å². The van der Waals surface area contributed by atoms with E-state index in [2.05, 4.69) is 34.7 Å². The topological polar surface area (TPSA) is 72.4 Å². The number of rotatable bonds is 4. The molecule has 7 nitrogen and oxygen atoms in total. The number of hydrogen-bond acceptors (Lipinski definition) is 5. The summed E-state index contributed by atoms with van der Waals surface area (Å²) in [4.78, 5) is 20.4. The zero-order valence-electron chi connectivity index (χ0n) is 18.6. The number of oxime groups is 1. The highest BCUT2D eigenvalue weighted by Gasteiger charge is 2.44. The molecule has 2 amide bonds. The first kappa shape index (κ1) is 20.8. The average Bonchev–Trinajstić information content (AvgIpc) is 3.43. The number of hydrogen-bond donors (Lipinski definition) is 1. The lowest BCUT2D eigenvalue weighted by atomic mass is 9.94. The van der Waals surface area contributed by atoms with Gasteiger partial charge >= 0.3 is 6.03 Å². The summed E-state index contributed by atoms with van der Waals surface area (Å²) in [5.41, 5.74) is 5.14. The first-order valence-electron chi connectivity index (χ1n) is 11.2. The smallest absolute Gasteiger partial charge is 0.317 e. The number of aryl methyl sites for hydroxylation is 2. The minimum Gasteiger partial charge on any atom is -0.496 e. The van der Waals surface area contributed by atoms with Crippen LogP contribution in [-0.2, 0) is 21.6 Å². The second kappa shape index (κ2) is 8.47. The highest BCUT2D eigenvalue weighted by Crippen LogP contribution is 2.42. The SMILES string of the molecule is COc1ccc(C2=NOC(CNC(=O)N3CCOC4(CCc5ccccc54)C3)C2)cc1C. The van der Waals surface area contributed by atoms with Crippen molar-refractivity contribution < 1.29 is 19.1 Å². The molecule has 1 saturated heterocycles. The molecule has 2 aliphatic heterocycles. The van der Waals surface area contributed by atoms with Gasteiger partial charge in [0.1, 0.15) is 11.4 Å². The van der Waals surface area contributed by atoms with E-state index in [4.69, 9.17) is 14.3 Å². The summed E-state index contributed by atoms with van der Waals surface area (Å²) < 4.78 is 11.6. The van der Waals surface area contributed by atoms with E-state index in [0.29, 0.717) is 32.7 Å². The van der Waals surface area contributed by atoms with Gasteiger partial charge in [-0.3, -0.25) is 0 Å². The van der Waals surface area contributed by atoms with Crippen molar-refractivity contribution in [3.63, 3.8) is 0 Å². The van der Waals surface area contributed by atoms with E-state index in [0.717, 1.165) is 35.4 Å². The van der Waals surface area contributed by atoms with Crippen molar-refractivity contribution in [2.24, 2.45) is 5.16 Å². The monoisotopic (exact) mass is 435 g/mol. The maximum Gasteiger partial charge on any atom is 0.317 e. The van der Waals surface area contributed by atoms with E-state index in [9.17, 15) is 4.79 Å². The van der Waals surface area contributed by atoms with Gasteiger partial charge in [0.15, 0.2) is 6.10 Å². The van der Waals surface area contributed by atoms with E-state index in [-0.39, 0.29) is 17.7 Å². The minimum atomic E-state index is -0.376. The molecule has 2 atom stereocenters. The van der Waals surface area contributed by atoms with Crippen LogP contribution in [0.3, 0.4) is 0 Å². The molecule has 0 saturated carbocycles. The number of nitrogens with one attached hydrogen (secondary N) is 1. The van der Waals surface area contributed by atoms with Crippen LogP contribution in [0.25, 0.3) is 0 Å². The molecule has 1 aliphatic carbocycles. The Bertz CT molecular complexity index is 1050. The molecule has 2 aromatic carbocycles. The fourth-order valence-electron chi connectivity index (χ4n) is 5.00. The van der Waals surface area contributed by atoms with Gasteiger partial charge in [-0.2, -0.15) is 0 Å². The van der Waals surface area contributed by atoms with Crippen LogP contribution >= 0.6 is 0 Å². The van der Waals surface area contributed by atoms with E-state index in [1.165, 1.54) is 11.1 Å². The summed E-state index contributed by atoms with van der Waals surface area (Å²) in [5.74, 6) is 0.852. The molecular formula is C25H29N3O4. The molecule has 32 heavy (non-hydrogen) atoms. The van der Waals surface area contributed by atoms with Crippen molar-refractivity contribution in [1.82, 2.24) is 10.2 Å². The lowest BCUT2D eigenvalue weighted by Gasteiger charge is -2.41. The molecule has 0 aromatic heterocycles. The number of carbonyl (C=O) groups excluding carboxylic acids is 1. The summed E-state index contributed by atoms with van der Waals surface area (Å²) in [5, 5.41) is 7.29. The van der Waals surface area contributed by atoms with Gasteiger partial charge in [-0.25, -0.2) is 4.79 Å². The van der Waals surface area contributed by atoms with Crippen molar-refractivity contribution in [2.75, 3.05) is 33.4 Å². The number of carbonyl (C=O) groups is 1. The van der Waals surface area contributed by atoms with Crippen molar-refractivity contribution in [3.05, 3.63) is 64.7 Å². The van der Waals surface area contributed by atoms with Gasteiger partial charge in [0, 0.05) is 13.0 Å². The Morgan fingerprint density at radius 1 is 1.31 bits per heavy atom. The summed E-state index contributed by atoms with van der Waals surface area (Å²) in [6.07, 6.45) is 2.40. The van der Waals surface area contributed by atoms with Crippen LogP contribution in [0.4, 0.5) is 4.79 Å². The van der Waals surface area contributed by atoms with Crippen molar-refractivity contribution >= 4 is 11.7 Å². The van der Waals surface area contributed by atoms with Gasteiger partial charge in [-0.1, -0.05) is 29.4 Å². The van der Waals surface area contributed by atoms with Crippen LogP contribution < -0.4 is 10.1 Å². The summed E-state index contributed by atoms with van der Waals surface area (Å²) in [6.45, 7) is 4.14. The number of urea groups is 1. The predicted octanol–water partition coefficient (Wildman–Crippen LogP) is 3.38. The summed E-state index contributed by atoms with van der Waals surface area (Å²) in [7, 11) is 1.67. The van der Waals surface area contributed by atoms with Gasteiger partial charge in [0.05, 0.1) is 32.5 Å². The molecule has 1 spiro atoms. The van der Waals surface area contributed by atoms with E-state index >= 15 is 0 Å². The highest BCUT2D eigenvalue weighted by molar-refractivity contribution is 6.01. The zero-order valence-corrected chi connectivity index (χ0v) is 18.6. The van der Waals surface area contributed by atoms with Crippen molar-refractivity contribution in [3.8, 4) is 5.75 Å². The third-order valence-corrected chi connectivity index (χ3v) is 6.72. The Morgan fingerprint density at radius 3 is 3.03 bits per heavy atom. The Kier molecular flexibility index (Phi) is 5.51. The number of benzene rings is 2. The Labute approximate surface area is 188 Å². The molecule has 7 heteroatoms. The Hall–Kier alpha value is -3.06. The minimum absolute atomic E-state index is 0.0746. The Balaban J connectivity index is 1.16. The van der Waals surface area contributed by atoms with E-state index in [1.807, 2.05) is 30.0 Å². The molecule has 3 aliphatic rings. The van der Waals surface area contributed by atoms with Crippen LogP contribution in [0.15, 0.2) is 47.6 Å². The van der Waals surface area contributed by atoms with Gasteiger partial charge in [-0.05, 0) is 60.2 Å². The number of amides is 2. The van der Waals surface area contributed by atoms with Gasteiger partial charge in [0.25, 0.3) is 0 Å². The Morgan fingerprint density at radius 2 is 2.19 bits per heavy atom.